The summed E-state index contributed by atoms with van der Waals surface area (Å²) in [6.07, 6.45) is 2.00. The van der Waals surface area contributed by atoms with E-state index in [1.807, 2.05) is 31.2 Å². The van der Waals surface area contributed by atoms with Crippen molar-refractivity contribution in [3.8, 4) is 11.5 Å². The second-order valence-electron chi connectivity index (χ2n) is 8.25. The molecule has 0 saturated heterocycles. The van der Waals surface area contributed by atoms with Gasteiger partial charge in [0, 0.05) is 17.2 Å². The molecule has 1 amide bonds. The number of ether oxygens (including phenoxy) is 2. The molecule has 0 aliphatic heterocycles. The van der Waals surface area contributed by atoms with Gasteiger partial charge in [0.2, 0.25) is 0 Å². The van der Waals surface area contributed by atoms with E-state index in [1.165, 1.54) is 5.56 Å². The maximum atomic E-state index is 12.5. The molecule has 152 valence electrons. The van der Waals surface area contributed by atoms with Crippen LogP contribution in [0.1, 0.15) is 68.9 Å². The first-order valence-electron chi connectivity index (χ1n) is 9.95. The molecule has 0 aromatic heterocycles. The lowest BCUT2D eigenvalue weighted by Crippen LogP contribution is -2.32. The zero-order valence-corrected chi connectivity index (χ0v) is 18.0. The van der Waals surface area contributed by atoms with E-state index in [0.29, 0.717) is 17.9 Å². The molecule has 0 radical (unpaired) electrons. The molecule has 28 heavy (non-hydrogen) atoms. The molecule has 0 saturated carbocycles. The number of hydrogen-bond acceptors (Lipinski definition) is 3. The van der Waals surface area contributed by atoms with Gasteiger partial charge in [0.1, 0.15) is 18.1 Å². The summed E-state index contributed by atoms with van der Waals surface area (Å²) in [5.41, 5.74) is 2.83. The summed E-state index contributed by atoms with van der Waals surface area (Å²) in [6.45, 7) is 11.0. The van der Waals surface area contributed by atoms with E-state index in [2.05, 4.69) is 45.1 Å². The molecule has 0 aliphatic carbocycles. The van der Waals surface area contributed by atoms with E-state index < -0.39 is 0 Å². The molecular formula is C24H33NO3. The van der Waals surface area contributed by atoms with Crippen molar-refractivity contribution in [3.63, 3.8) is 0 Å². The van der Waals surface area contributed by atoms with Gasteiger partial charge in [-0.3, -0.25) is 4.79 Å². The highest BCUT2D eigenvalue weighted by molar-refractivity contribution is 5.94. The summed E-state index contributed by atoms with van der Waals surface area (Å²) in [4.78, 5) is 12.5. The minimum atomic E-state index is -0.0700. The Labute approximate surface area is 169 Å². The Morgan fingerprint density at radius 3 is 2.36 bits per heavy atom. The van der Waals surface area contributed by atoms with Gasteiger partial charge < -0.3 is 14.8 Å². The maximum absolute atomic E-state index is 12.5. The fraction of sp³-hybridized carbons (Fsp3) is 0.458. The lowest BCUT2D eigenvalue weighted by Gasteiger charge is -2.19. The minimum Gasteiger partial charge on any atom is -0.496 e. The Morgan fingerprint density at radius 2 is 1.79 bits per heavy atom. The molecule has 1 atom stereocenters. The molecule has 4 nitrogen and oxygen atoms in total. The van der Waals surface area contributed by atoms with Gasteiger partial charge in [0.05, 0.1) is 7.11 Å². The summed E-state index contributed by atoms with van der Waals surface area (Å²) in [7, 11) is 1.63. The fourth-order valence-corrected chi connectivity index (χ4v) is 3.06. The third-order valence-electron chi connectivity index (χ3n) is 4.76. The fourth-order valence-electron chi connectivity index (χ4n) is 3.06. The molecule has 0 bridgehead atoms. The molecule has 2 aromatic rings. The van der Waals surface area contributed by atoms with Crippen molar-refractivity contribution in [2.45, 2.75) is 65.5 Å². The van der Waals surface area contributed by atoms with E-state index in [4.69, 9.17) is 9.47 Å². The smallest absolute Gasteiger partial charge is 0.251 e. The monoisotopic (exact) mass is 383 g/mol. The molecule has 2 aromatic carbocycles. The topological polar surface area (TPSA) is 47.6 Å². The number of amides is 1. The SMILES string of the molecule is CCC[C@@H](C)NC(=O)c1ccc(OC)c(COc2ccc(C(C)(C)C)cc2)c1. The predicted octanol–water partition coefficient (Wildman–Crippen LogP) is 5.49. The number of carbonyl (C=O) groups excluding carboxylic acids is 1. The number of nitrogens with one attached hydrogen (secondary N) is 1. The Kier molecular flexibility index (Phi) is 7.50. The van der Waals surface area contributed by atoms with Gasteiger partial charge >= 0.3 is 0 Å². The second-order valence-corrected chi connectivity index (χ2v) is 8.25. The molecule has 0 heterocycles. The molecule has 1 N–H and O–H groups in total. The number of hydrogen-bond donors (Lipinski definition) is 1. The largest absolute Gasteiger partial charge is 0.496 e. The van der Waals surface area contributed by atoms with Crippen LogP contribution in [0.25, 0.3) is 0 Å². The van der Waals surface area contributed by atoms with Crippen molar-refractivity contribution in [1.29, 1.82) is 0 Å². The molecule has 4 heteroatoms. The Balaban J connectivity index is 2.10. The van der Waals surface area contributed by atoms with Crippen LogP contribution in [-0.2, 0) is 12.0 Å². The average Bonchev–Trinajstić information content (AvgIpc) is 2.65. The van der Waals surface area contributed by atoms with Crippen LogP contribution in [0.5, 0.6) is 11.5 Å². The first kappa shape index (κ1) is 21.8. The van der Waals surface area contributed by atoms with Gasteiger partial charge in [-0.2, -0.15) is 0 Å². The van der Waals surface area contributed by atoms with Crippen LogP contribution in [-0.4, -0.2) is 19.1 Å². The normalized spacial score (nSPS) is 12.4. The van der Waals surface area contributed by atoms with Gasteiger partial charge in [0.15, 0.2) is 0 Å². The van der Waals surface area contributed by atoms with Gasteiger partial charge in [-0.1, -0.05) is 46.2 Å². The summed E-state index contributed by atoms with van der Waals surface area (Å²) in [5, 5.41) is 3.04. The summed E-state index contributed by atoms with van der Waals surface area (Å²) < 4.78 is 11.4. The van der Waals surface area contributed by atoms with Crippen LogP contribution in [0.15, 0.2) is 42.5 Å². The molecule has 0 spiro atoms. The van der Waals surface area contributed by atoms with Crippen molar-refractivity contribution in [2.24, 2.45) is 0 Å². The Hall–Kier alpha value is -2.49. The molecule has 2 rings (SSSR count). The van der Waals surface area contributed by atoms with Gasteiger partial charge in [0.25, 0.3) is 5.91 Å². The van der Waals surface area contributed by atoms with Crippen LogP contribution in [0.3, 0.4) is 0 Å². The zero-order valence-electron chi connectivity index (χ0n) is 18.0. The molecule has 0 unspecified atom stereocenters. The zero-order chi connectivity index (χ0) is 20.7. The highest BCUT2D eigenvalue weighted by Crippen LogP contribution is 2.26. The van der Waals surface area contributed by atoms with Crippen LogP contribution in [0.4, 0.5) is 0 Å². The van der Waals surface area contributed by atoms with E-state index in [1.54, 1.807) is 13.2 Å². The maximum Gasteiger partial charge on any atom is 0.251 e. The number of benzene rings is 2. The van der Waals surface area contributed by atoms with Crippen molar-refractivity contribution in [3.05, 3.63) is 59.2 Å². The molecule has 0 aliphatic rings. The predicted molar refractivity (Wildman–Crippen MR) is 114 cm³/mol. The highest BCUT2D eigenvalue weighted by atomic mass is 16.5. The van der Waals surface area contributed by atoms with Gasteiger partial charge in [-0.05, 0) is 54.7 Å². The third kappa shape index (κ3) is 6.01. The van der Waals surface area contributed by atoms with Crippen molar-refractivity contribution >= 4 is 5.91 Å². The van der Waals surface area contributed by atoms with E-state index >= 15 is 0 Å². The average molecular weight is 384 g/mol. The Bertz CT molecular complexity index is 775. The summed E-state index contributed by atoms with van der Waals surface area (Å²) in [5.74, 6) is 1.44. The quantitative estimate of drug-likeness (QED) is 0.656. The van der Waals surface area contributed by atoms with Crippen LogP contribution >= 0.6 is 0 Å². The Morgan fingerprint density at radius 1 is 1.11 bits per heavy atom. The number of methoxy groups -OCH3 is 1. The number of carbonyl (C=O) groups is 1. The van der Waals surface area contributed by atoms with Crippen LogP contribution in [0, 0.1) is 0 Å². The molecule has 0 fully saturated rings. The van der Waals surface area contributed by atoms with Gasteiger partial charge in [-0.25, -0.2) is 0 Å². The molecular weight excluding hydrogens is 350 g/mol. The lowest BCUT2D eigenvalue weighted by atomic mass is 9.87. The van der Waals surface area contributed by atoms with Crippen LogP contribution in [0.2, 0.25) is 0 Å². The summed E-state index contributed by atoms with van der Waals surface area (Å²) >= 11 is 0. The minimum absolute atomic E-state index is 0.0700. The van der Waals surface area contributed by atoms with Crippen molar-refractivity contribution < 1.29 is 14.3 Å². The van der Waals surface area contributed by atoms with Crippen LogP contribution < -0.4 is 14.8 Å². The lowest BCUT2D eigenvalue weighted by molar-refractivity contribution is 0.0938. The van der Waals surface area contributed by atoms with Crippen molar-refractivity contribution in [2.75, 3.05) is 7.11 Å². The number of rotatable bonds is 8. The first-order valence-corrected chi connectivity index (χ1v) is 9.95. The third-order valence-corrected chi connectivity index (χ3v) is 4.76. The second kappa shape index (κ2) is 9.63. The van der Waals surface area contributed by atoms with Crippen molar-refractivity contribution in [1.82, 2.24) is 5.32 Å². The van der Waals surface area contributed by atoms with E-state index in [0.717, 1.165) is 24.2 Å². The first-order chi connectivity index (χ1) is 13.2. The van der Waals surface area contributed by atoms with E-state index in [9.17, 15) is 4.79 Å². The standard InChI is InChI=1S/C24H33NO3/c1-7-8-17(2)25-23(26)18-9-14-22(27-6)19(15-18)16-28-21-12-10-20(11-13-21)24(3,4)5/h9-15,17H,7-8,16H2,1-6H3,(H,25,26)/t17-/m1/s1. The summed E-state index contributed by atoms with van der Waals surface area (Å²) in [6, 6.07) is 13.7. The van der Waals surface area contributed by atoms with E-state index in [-0.39, 0.29) is 17.4 Å². The highest BCUT2D eigenvalue weighted by Gasteiger charge is 2.14. The van der Waals surface area contributed by atoms with Gasteiger partial charge in [-0.15, -0.1) is 0 Å².